The Kier molecular flexibility index (Phi) is 6.88. The molecule has 3 rings (SSSR count). The van der Waals surface area contributed by atoms with Crippen molar-refractivity contribution in [1.29, 1.82) is 0 Å². The van der Waals surface area contributed by atoms with Crippen molar-refractivity contribution in [3.63, 3.8) is 0 Å². The Hall–Kier alpha value is -2.59. The maximum Gasteiger partial charge on any atom is 0.239 e. The van der Waals surface area contributed by atoms with Gasteiger partial charge in [0, 0.05) is 12.6 Å². The molecule has 0 aliphatic heterocycles. The minimum atomic E-state index is -0.292. The number of methoxy groups -OCH3 is 1. The monoisotopic (exact) mass is 419 g/mol. The quantitative estimate of drug-likeness (QED) is 0.503. The van der Waals surface area contributed by atoms with Gasteiger partial charge in [-0.15, -0.1) is 10.2 Å². The second kappa shape index (κ2) is 9.56. The highest BCUT2D eigenvalue weighted by Crippen LogP contribution is 2.31. The zero-order valence-electron chi connectivity index (χ0n) is 15.8. The average Bonchev–Trinajstić information content (AvgIpc) is 3.33. The fourth-order valence-electron chi connectivity index (χ4n) is 2.33. The Morgan fingerprint density at radius 3 is 2.75 bits per heavy atom. The van der Waals surface area contributed by atoms with E-state index in [0.29, 0.717) is 29.7 Å². The fourth-order valence-corrected chi connectivity index (χ4v) is 4.24. The molecule has 0 saturated carbocycles. The minimum absolute atomic E-state index is 0.135. The molecule has 1 amide bonds. The summed E-state index contributed by atoms with van der Waals surface area (Å²) in [6.45, 7) is 4.36. The molecule has 0 spiro atoms. The molecule has 0 aliphatic rings. The molecule has 10 heteroatoms. The molecule has 2 heterocycles. The first-order chi connectivity index (χ1) is 13.6. The second-order valence-corrected chi connectivity index (χ2v) is 8.33. The third-order valence-corrected chi connectivity index (χ3v) is 6.12. The van der Waals surface area contributed by atoms with Crippen molar-refractivity contribution < 1.29 is 14.1 Å². The lowest BCUT2D eigenvalue weighted by molar-refractivity contribution is -0.115. The van der Waals surface area contributed by atoms with Crippen molar-refractivity contribution in [3.8, 4) is 5.75 Å². The number of hydrogen-bond acceptors (Lipinski definition) is 9. The molecule has 2 aromatic heterocycles. The first kappa shape index (κ1) is 20.2. The highest BCUT2D eigenvalue weighted by atomic mass is 32.2. The number of nitrogens with zero attached hydrogens (tertiary/aromatic N) is 3. The summed E-state index contributed by atoms with van der Waals surface area (Å²) in [6.07, 6.45) is 0.654. The van der Waals surface area contributed by atoms with Gasteiger partial charge in [-0.1, -0.05) is 47.3 Å². The van der Waals surface area contributed by atoms with E-state index in [2.05, 4.69) is 26.0 Å². The molecule has 28 heavy (non-hydrogen) atoms. The van der Waals surface area contributed by atoms with Crippen molar-refractivity contribution in [2.45, 2.75) is 36.4 Å². The Balaban J connectivity index is 1.53. The van der Waals surface area contributed by atoms with Crippen molar-refractivity contribution in [2.24, 2.45) is 0 Å². The lowest BCUT2D eigenvalue weighted by atomic mass is 10.2. The summed E-state index contributed by atoms with van der Waals surface area (Å²) in [5, 5.41) is 18.5. The standard InChI is InChI=1S/C18H21N5O3S2/c1-4-14(16(24)20-15-9-11(2)26-23-15)27-18-22-21-17(28-18)19-10-12-5-7-13(25-3)8-6-12/h5-9,14H,4,10H2,1-3H3,(H,19,21)(H,20,23,24). The largest absolute Gasteiger partial charge is 0.497 e. The van der Waals surface area contributed by atoms with Gasteiger partial charge in [0.25, 0.3) is 0 Å². The Morgan fingerprint density at radius 2 is 2.11 bits per heavy atom. The van der Waals surface area contributed by atoms with Crippen LogP contribution in [-0.4, -0.2) is 33.6 Å². The number of anilines is 2. The van der Waals surface area contributed by atoms with Crippen LogP contribution in [0.2, 0.25) is 0 Å². The van der Waals surface area contributed by atoms with Crippen LogP contribution in [0.15, 0.2) is 39.2 Å². The van der Waals surface area contributed by atoms with Crippen LogP contribution < -0.4 is 15.4 Å². The zero-order valence-corrected chi connectivity index (χ0v) is 17.4. The summed E-state index contributed by atoms with van der Waals surface area (Å²) >= 11 is 2.81. The molecular weight excluding hydrogens is 398 g/mol. The summed E-state index contributed by atoms with van der Waals surface area (Å²) in [5.41, 5.74) is 1.11. The normalized spacial score (nSPS) is 11.8. The summed E-state index contributed by atoms with van der Waals surface area (Å²) in [5.74, 6) is 1.75. The Morgan fingerprint density at radius 1 is 1.32 bits per heavy atom. The Bertz CT molecular complexity index is 910. The molecule has 0 saturated heterocycles. The predicted molar refractivity (Wildman–Crippen MR) is 110 cm³/mol. The van der Waals surface area contributed by atoms with Gasteiger partial charge >= 0.3 is 0 Å². The third kappa shape index (κ3) is 5.46. The number of carbonyl (C=O) groups excluding carboxylic acids is 1. The number of hydrogen-bond donors (Lipinski definition) is 2. The van der Waals surface area contributed by atoms with E-state index in [1.807, 2.05) is 31.2 Å². The first-order valence-corrected chi connectivity index (χ1v) is 10.4. The van der Waals surface area contributed by atoms with Crippen LogP contribution in [-0.2, 0) is 11.3 Å². The van der Waals surface area contributed by atoms with Crippen LogP contribution in [0.1, 0.15) is 24.7 Å². The van der Waals surface area contributed by atoms with Crippen LogP contribution in [0.5, 0.6) is 5.75 Å². The zero-order chi connectivity index (χ0) is 19.9. The lowest BCUT2D eigenvalue weighted by Gasteiger charge is -2.10. The van der Waals surface area contributed by atoms with Crippen LogP contribution >= 0.6 is 23.1 Å². The van der Waals surface area contributed by atoms with Gasteiger partial charge in [-0.2, -0.15) is 0 Å². The first-order valence-electron chi connectivity index (χ1n) is 8.68. The average molecular weight is 420 g/mol. The molecule has 1 atom stereocenters. The van der Waals surface area contributed by atoms with Gasteiger partial charge in [-0.25, -0.2) is 0 Å². The minimum Gasteiger partial charge on any atom is -0.497 e. The van der Waals surface area contributed by atoms with Crippen LogP contribution in [0.3, 0.4) is 0 Å². The molecular formula is C18H21N5O3S2. The van der Waals surface area contributed by atoms with Gasteiger partial charge in [0.1, 0.15) is 11.5 Å². The molecule has 2 N–H and O–H groups in total. The number of amides is 1. The molecule has 3 aromatic rings. The van der Waals surface area contributed by atoms with Crippen LogP contribution in [0.4, 0.5) is 10.9 Å². The summed E-state index contributed by atoms with van der Waals surface area (Å²) in [6, 6.07) is 9.50. The second-order valence-electron chi connectivity index (χ2n) is 5.90. The molecule has 0 fully saturated rings. The molecule has 0 bridgehead atoms. The van der Waals surface area contributed by atoms with Crippen LogP contribution in [0, 0.1) is 6.92 Å². The van der Waals surface area contributed by atoms with E-state index in [4.69, 9.17) is 9.26 Å². The molecule has 1 aromatic carbocycles. The number of carbonyl (C=O) groups is 1. The number of ether oxygens (including phenoxy) is 1. The number of rotatable bonds is 9. The highest BCUT2D eigenvalue weighted by molar-refractivity contribution is 8.02. The van der Waals surface area contributed by atoms with E-state index >= 15 is 0 Å². The van der Waals surface area contributed by atoms with E-state index in [-0.39, 0.29) is 11.2 Å². The maximum absolute atomic E-state index is 12.4. The summed E-state index contributed by atoms with van der Waals surface area (Å²) in [7, 11) is 1.64. The van der Waals surface area contributed by atoms with E-state index in [1.54, 1.807) is 20.1 Å². The molecule has 8 nitrogen and oxygen atoms in total. The van der Waals surface area contributed by atoms with Gasteiger partial charge in [0.2, 0.25) is 11.0 Å². The maximum atomic E-state index is 12.4. The van der Waals surface area contributed by atoms with Gasteiger partial charge in [-0.05, 0) is 31.0 Å². The lowest BCUT2D eigenvalue weighted by Crippen LogP contribution is -2.24. The molecule has 1 unspecified atom stereocenters. The number of aryl methyl sites for hydroxylation is 1. The SMILES string of the molecule is CCC(Sc1nnc(NCc2ccc(OC)cc2)s1)C(=O)Nc1cc(C)on1. The summed E-state index contributed by atoms with van der Waals surface area (Å²) in [4.78, 5) is 12.4. The smallest absolute Gasteiger partial charge is 0.239 e. The number of thioether (sulfide) groups is 1. The van der Waals surface area contributed by atoms with Gasteiger partial charge in [0.05, 0.1) is 12.4 Å². The van der Waals surface area contributed by atoms with Crippen molar-refractivity contribution in [2.75, 3.05) is 17.7 Å². The van der Waals surface area contributed by atoms with Gasteiger partial charge in [0.15, 0.2) is 10.2 Å². The highest BCUT2D eigenvalue weighted by Gasteiger charge is 2.21. The number of aromatic nitrogens is 3. The van der Waals surface area contributed by atoms with E-state index in [1.165, 1.54) is 23.1 Å². The molecule has 0 radical (unpaired) electrons. The predicted octanol–water partition coefficient (Wildman–Crippen LogP) is 3.96. The van der Waals surface area contributed by atoms with Crippen LogP contribution in [0.25, 0.3) is 0 Å². The van der Waals surface area contributed by atoms with E-state index in [0.717, 1.165) is 15.7 Å². The third-order valence-electron chi connectivity index (χ3n) is 3.79. The topological polar surface area (TPSA) is 102 Å². The Labute approximate surface area is 171 Å². The fraction of sp³-hybridized carbons (Fsp3) is 0.333. The van der Waals surface area contributed by atoms with Gasteiger partial charge in [-0.3, -0.25) is 4.79 Å². The molecule has 148 valence electrons. The van der Waals surface area contributed by atoms with Crippen molar-refractivity contribution in [3.05, 3.63) is 41.7 Å². The van der Waals surface area contributed by atoms with Gasteiger partial charge < -0.3 is 19.9 Å². The molecule has 0 aliphatic carbocycles. The number of benzene rings is 1. The summed E-state index contributed by atoms with van der Waals surface area (Å²) < 4.78 is 10.9. The van der Waals surface area contributed by atoms with Crippen molar-refractivity contribution >= 4 is 40.0 Å². The number of nitrogens with one attached hydrogen (secondary N) is 2. The van der Waals surface area contributed by atoms with E-state index < -0.39 is 0 Å². The van der Waals surface area contributed by atoms with Crippen molar-refractivity contribution in [1.82, 2.24) is 15.4 Å². The van der Waals surface area contributed by atoms with E-state index in [9.17, 15) is 4.79 Å².